The highest BCUT2D eigenvalue weighted by molar-refractivity contribution is 14.1. The summed E-state index contributed by atoms with van der Waals surface area (Å²) in [5.41, 5.74) is 2.32. The molecule has 3 heterocycles. The molecule has 2 aromatic rings. The number of allylic oxidation sites excluding steroid dienone is 1. The number of halogens is 1. The monoisotopic (exact) mass is 620 g/mol. The minimum atomic E-state index is -0.487. The van der Waals surface area contributed by atoms with E-state index in [1.807, 2.05) is 23.1 Å². The normalized spacial score (nSPS) is 21.5. The van der Waals surface area contributed by atoms with Crippen molar-refractivity contribution in [2.24, 2.45) is 0 Å². The number of aliphatic hydroxyl groups excluding tert-OH is 1. The molecule has 5 rings (SSSR count). The van der Waals surface area contributed by atoms with E-state index in [0.29, 0.717) is 38.3 Å². The van der Waals surface area contributed by atoms with Crippen molar-refractivity contribution >= 4 is 28.5 Å². The number of piperazine rings is 1. The zero-order valence-electron chi connectivity index (χ0n) is 20.8. The molecule has 1 saturated heterocycles. The number of carbonyl (C=O) groups is 1. The second kappa shape index (κ2) is 12.5. The fourth-order valence-electron chi connectivity index (χ4n) is 4.84. The lowest BCUT2D eigenvalue weighted by Gasteiger charge is -2.36. The summed E-state index contributed by atoms with van der Waals surface area (Å²) >= 11 is 2.30. The van der Waals surface area contributed by atoms with Crippen molar-refractivity contribution in [3.05, 3.63) is 69.0 Å². The Morgan fingerprint density at radius 3 is 2.59 bits per heavy atom. The van der Waals surface area contributed by atoms with Gasteiger partial charge in [0.05, 0.1) is 6.61 Å². The zero-order valence-corrected chi connectivity index (χ0v) is 23.0. The van der Waals surface area contributed by atoms with Crippen LogP contribution in [0.25, 0.3) is 0 Å². The summed E-state index contributed by atoms with van der Waals surface area (Å²) in [6.45, 7) is 4.56. The molecule has 1 N–H and O–H groups in total. The number of hydrogen-bond donors (Lipinski definition) is 1. The van der Waals surface area contributed by atoms with Gasteiger partial charge in [0, 0.05) is 55.2 Å². The molecule has 3 aliphatic heterocycles. The van der Waals surface area contributed by atoms with Gasteiger partial charge in [0.1, 0.15) is 0 Å². The molecule has 1 fully saturated rings. The molecule has 9 heteroatoms. The highest BCUT2D eigenvalue weighted by Gasteiger charge is 2.32. The molecular formula is C28H33IN2O6. The first-order chi connectivity index (χ1) is 18.1. The Kier molecular flexibility index (Phi) is 8.85. The molecule has 0 spiro atoms. The van der Waals surface area contributed by atoms with Gasteiger partial charge in [-0.05, 0) is 76.9 Å². The standard InChI is InChI=1S/C28H33IN2O6/c29-23-6-4-21(5-7-23)22-16-26(37-27(17-22)34-14-2-1-13-32)28(33)31-11-9-30(10-12-31)18-20-3-8-24-25(15-20)36-19-35-24/h3-8,15-16,22,27,32H,1-2,9-14,17-19H2/t22-,27+/m1/s1. The van der Waals surface area contributed by atoms with E-state index in [0.717, 1.165) is 43.1 Å². The fourth-order valence-corrected chi connectivity index (χ4v) is 5.20. The summed E-state index contributed by atoms with van der Waals surface area (Å²) < 4.78 is 24.1. The van der Waals surface area contributed by atoms with E-state index in [1.54, 1.807) is 0 Å². The van der Waals surface area contributed by atoms with Crippen LogP contribution in [0.2, 0.25) is 0 Å². The van der Waals surface area contributed by atoms with Crippen LogP contribution in [0.5, 0.6) is 11.5 Å². The Bertz CT molecular complexity index is 1100. The van der Waals surface area contributed by atoms with E-state index < -0.39 is 6.29 Å². The van der Waals surface area contributed by atoms with Crippen molar-refractivity contribution in [2.75, 3.05) is 46.2 Å². The maximum absolute atomic E-state index is 13.5. The number of unbranched alkanes of at least 4 members (excludes halogenated alkanes) is 1. The Morgan fingerprint density at radius 1 is 1.03 bits per heavy atom. The van der Waals surface area contributed by atoms with Crippen LogP contribution in [-0.2, 0) is 20.8 Å². The van der Waals surface area contributed by atoms with Crippen molar-refractivity contribution < 1.29 is 28.8 Å². The van der Waals surface area contributed by atoms with E-state index in [9.17, 15) is 4.79 Å². The Hall–Kier alpha value is -2.34. The molecular weight excluding hydrogens is 587 g/mol. The third-order valence-corrected chi connectivity index (χ3v) is 7.64. The second-order valence-electron chi connectivity index (χ2n) is 9.53. The van der Waals surface area contributed by atoms with E-state index in [1.165, 1.54) is 9.13 Å². The van der Waals surface area contributed by atoms with E-state index in [2.05, 4.69) is 57.8 Å². The predicted molar refractivity (Wildman–Crippen MR) is 146 cm³/mol. The molecule has 2 atom stereocenters. The lowest BCUT2D eigenvalue weighted by atomic mass is 9.93. The average molecular weight is 620 g/mol. The van der Waals surface area contributed by atoms with Crippen LogP contribution in [0.4, 0.5) is 0 Å². The van der Waals surface area contributed by atoms with Crippen LogP contribution < -0.4 is 9.47 Å². The van der Waals surface area contributed by atoms with Crippen molar-refractivity contribution in [3.8, 4) is 11.5 Å². The van der Waals surface area contributed by atoms with Crippen LogP contribution in [0.3, 0.4) is 0 Å². The van der Waals surface area contributed by atoms with Gasteiger partial charge in [-0.25, -0.2) is 0 Å². The van der Waals surface area contributed by atoms with Crippen molar-refractivity contribution in [3.63, 3.8) is 0 Å². The van der Waals surface area contributed by atoms with Crippen LogP contribution in [-0.4, -0.2) is 73.3 Å². The number of ether oxygens (including phenoxy) is 4. The minimum Gasteiger partial charge on any atom is -0.459 e. The van der Waals surface area contributed by atoms with E-state index in [4.69, 9.17) is 24.1 Å². The summed E-state index contributed by atoms with van der Waals surface area (Å²) in [5, 5.41) is 9.05. The minimum absolute atomic E-state index is 0.0415. The number of hydrogen-bond acceptors (Lipinski definition) is 7. The summed E-state index contributed by atoms with van der Waals surface area (Å²) in [6, 6.07) is 14.4. The quantitative estimate of drug-likeness (QED) is 0.337. The average Bonchev–Trinajstić information content (AvgIpc) is 3.39. The fraction of sp³-hybridized carbons (Fsp3) is 0.464. The summed E-state index contributed by atoms with van der Waals surface area (Å²) in [6.07, 6.45) is 3.56. The van der Waals surface area contributed by atoms with Crippen molar-refractivity contribution in [1.29, 1.82) is 0 Å². The van der Waals surface area contributed by atoms with Crippen molar-refractivity contribution in [2.45, 2.75) is 38.0 Å². The lowest BCUT2D eigenvalue weighted by Crippen LogP contribution is -2.49. The highest BCUT2D eigenvalue weighted by atomic mass is 127. The number of benzene rings is 2. The molecule has 0 unspecified atom stereocenters. The number of amides is 1. The molecule has 0 aliphatic carbocycles. The van der Waals surface area contributed by atoms with Gasteiger partial charge in [-0.15, -0.1) is 0 Å². The summed E-state index contributed by atoms with van der Waals surface area (Å²) in [5.74, 6) is 1.91. The molecule has 0 saturated carbocycles. The van der Waals surface area contributed by atoms with Crippen LogP contribution in [0.1, 0.15) is 36.3 Å². The first-order valence-corrected chi connectivity index (χ1v) is 13.9. The van der Waals surface area contributed by atoms with Crippen LogP contribution in [0, 0.1) is 3.57 Å². The largest absolute Gasteiger partial charge is 0.459 e. The molecule has 3 aliphatic rings. The molecule has 0 radical (unpaired) electrons. The molecule has 0 aromatic heterocycles. The maximum Gasteiger partial charge on any atom is 0.288 e. The molecule has 37 heavy (non-hydrogen) atoms. The van der Waals surface area contributed by atoms with Gasteiger partial charge >= 0.3 is 0 Å². The number of carbonyl (C=O) groups excluding carboxylic acids is 1. The third-order valence-electron chi connectivity index (χ3n) is 6.93. The zero-order chi connectivity index (χ0) is 25.6. The van der Waals surface area contributed by atoms with Gasteiger partial charge in [-0.3, -0.25) is 9.69 Å². The van der Waals surface area contributed by atoms with Crippen LogP contribution in [0.15, 0.2) is 54.3 Å². The van der Waals surface area contributed by atoms with Gasteiger partial charge in [0.25, 0.3) is 5.91 Å². The SMILES string of the molecule is O=C(C1=C[C@@H](c2ccc(I)cc2)C[C@@H](OCCCCO)O1)N1CCN(Cc2ccc3c(c2)OCO3)CC1. The number of fused-ring (bicyclic) bond motifs is 1. The Balaban J connectivity index is 1.21. The summed E-state index contributed by atoms with van der Waals surface area (Å²) in [4.78, 5) is 17.7. The topological polar surface area (TPSA) is 80.7 Å². The van der Waals surface area contributed by atoms with E-state index >= 15 is 0 Å². The predicted octanol–water partition coefficient (Wildman–Crippen LogP) is 3.87. The smallest absolute Gasteiger partial charge is 0.288 e. The highest BCUT2D eigenvalue weighted by Crippen LogP contribution is 2.34. The number of nitrogens with zero attached hydrogens (tertiary/aromatic N) is 2. The third kappa shape index (κ3) is 6.76. The number of rotatable bonds is 9. The van der Waals surface area contributed by atoms with Gasteiger partial charge in [-0.2, -0.15) is 0 Å². The lowest BCUT2D eigenvalue weighted by molar-refractivity contribution is -0.154. The molecule has 1 amide bonds. The van der Waals surface area contributed by atoms with Gasteiger partial charge in [0.15, 0.2) is 17.3 Å². The first-order valence-electron chi connectivity index (χ1n) is 12.9. The molecule has 8 nitrogen and oxygen atoms in total. The Morgan fingerprint density at radius 2 is 1.81 bits per heavy atom. The van der Waals surface area contributed by atoms with Gasteiger partial charge < -0.3 is 29.0 Å². The van der Waals surface area contributed by atoms with Gasteiger partial charge in [-0.1, -0.05) is 18.2 Å². The Labute approximate surface area is 231 Å². The molecule has 0 bridgehead atoms. The van der Waals surface area contributed by atoms with E-state index in [-0.39, 0.29) is 25.2 Å². The summed E-state index contributed by atoms with van der Waals surface area (Å²) in [7, 11) is 0. The van der Waals surface area contributed by atoms with Crippen LogP contribution >= 0.6 is 22.6 Å². The number of aliphatic hydroxyl groups is 1. The second-order valence-corrected chi connectivity index (χ2v) is 10.8. The molecule has 198 valence electrons. The first kappa shape index (κ1) is 26.3. The molecule has 2 aromatic carbocycles. The maximum atomic E-state index is 13.5. The van der Waals surface area contributed by atoms with Gasteiger partial charge in [0.2, 0.25) is 13.1 Å². The van der Waals surface area contributed by atoms with Crippen molar-refractivity contribution in [1.82, 2.24) is 9.80 Å².